The number of ketones is 1. The van der Waals surface area contributed by atoms with E-state index in [0.29, 0.717) is 50.6 Å². The van der Waals surface area contributed by atoms with Gasteiger partial charge in [-0.1, -0.05) is 74.5 Å². The minimum Gasteiger partial charge on any atom is -0.378 e. The number of aryl methyl sites for hydroxylation is 1. The van der Waals surface area contributed by atoms with Crippen molar-refractivity contribution < 1.29 is 19.1 Å². The van der Waals surface area contributed by atoms with Crippen LogP contribution in [0.2, 0.25) is 0 Å². The first-order valence-electron chi connectivity index (χ1n) is 13.4. The standard InChI is InChI=1S/C30H36N4O4S/c1-21(2)19-25(33-30(37)34-15-17-38-18-16-34)28(36)32-24(14-13-22-9-5-3-6-10-22)27(35)29-31-20-26(39-29)23-11-7-4-8-12-23/h3-12,20-21,24-25H,13-19H2,1-2H3,(H,32,36)(H,33,37)/t24-,25+/m1/s1. The molecule has 0 aliphatic carbocycles. The van der Waals surface area contributed by atoms with Crippen LogP contribution in [-0.2, 0) is 16.0 Å². The van der Waals surface area contributed by atoms with Crippen molar-refractivity contribution >= 4 is 29.1 Å². The van der Waals surface area contributed by atoms with Crippen molar-refractivity contribution in [3.05, 3.63) is 77.4 Å². The van der Waals surface area contributed by atoms with Crippen LogP contribution in [0.1, 0.15) is 42.1 Å². The minimum absolute atomic E-state index is 0.164. The molecule has 1 aromatic heterocycles. The van der Waals surface area contributed by atoms with E-state index in [1.54, 1.807) is 11.1 Å². The zero-order chi connectivity index (χ0) is 27.6. The van der Waals surface area contributed by atoms with Crippen molar-refractivity contribution in [3.63, 3.8) is 0 Å². The Morgan fingerprint density at radius 2 is 1.62 bits per heavy atom. The molecule has 2 N–H and O–H groups in total. The molecule has 0 spiro atoms. The number of amides is 3. The van der Waals surface area contributed by atoms with Crippen LogP contribution >= 0.6 is 11.3 Å². The van der Waals surface area contributed by atoms with E-state index in [9.17, 15) is 14.4 Å². The molecule has 3 aromatic rings. The molecule has 1 aliphatic rings. The van der Waals surface area contributed by atoms with Gasteiger partial charge in [0.1, 0.15) is 6.04 Å². The Kier molecular flexibility index (Phi) is 10.2. The summed E-state index contributed by atoms with van der Waals surface area (Å²) >= 11 is 1.32. The first-order valence-corrected chi connectivity index (χ1v) is 14.3. The molecule has 2 aromatic carbocycles. The Morgan fingerprint density at radius 3 is 2.28 bits per heavy atom. The number of hydrogen-bond donors (Lipinski definition) is 2. The van der Waals surface area contributed by atoms with Gasteiger partial charge in [-0.15, -0.1) is 11.3 Å². The number of carbonyl (C=O) groups excluding carboxylic acids is 3. The summed E-state index contributed by atoms with van der Waals surface area (Å²) in [5.41, 5.74) is 2.06. The number of thiazole rings is 1. The topological polar surface area (TPSA) is 101 Å². The summed E-state index contributed by atoms with van der Waals surface area (Å²) < 4.78 is 5.34. The number of rotatable bonds is 11. The Morgan fingerprint density at radius 1 is 0.949 bits per heavy atom. The van der Waals surface area contributed by atoms with Crippen LogP contribution in [0, 0.1) is 5.92 Å². The van der Waals surface area contributed by atoms with Gasteiger partial charge in [-0.2, -0.15) is 0 Å². The number of Topliss-reactive ketones (excluding diaryl/α,β-unsaturated/α-hetero) is 1. The van der Waals surface area contributed by atoms with Crippen molar-refractivity contribution in [2.75, 3.05) is 26.3 Å². The number of nitrogens with zero attached hydrogens (tertiary/aromatic N) is 2. The monoisotopic (exact) mass is 548 g/mol. The lowest BCUT2D eigenvalue weighted by molar-refractivity contribution is -0.123. The molecule has 1 saturated heterocycles. The Labute approximate surface area is 233 Å². The smallest absolute Gasteiger partial charge is 0.318 e. The first kappa shape index (κ1) is 28.4. The summed E-state index contributed by atoms with van der Waals surface area (Å²) in [6, 6.07) is 17.8. The van der Waals surface area contributed by atoms with E-state index in [1.165, 1.54) is 11.3 Å². The van der Waals surface area contributed by atoms with Gasteiger partial charge in [-0.3, -0.25) is 9.59 Å². The maximum atomic E-state index is 13.7. The quantitative estimate of drug-likeness (QED) is 0.342. The molecule has 2 atom stereocenters. The molecule has 0 radical (unpaired) electrons. The van der Waals surface area contributed by atoms with Crippen LogP contribution in [0.5, 0.6) is 0 Å². The molecule has 39 heavy (non-hydrogen) atoms. The Balaban J connectivity index is 1.51. The number of ether oxygens (including phenoxy) is 1. The SMILES string of the molecule is CC(C)C[C@H](NC(=O)N1CCOCC1)C(=O)N[C@H](CCc1ccccc1)C(=O)c1ncc(-c2ccccc2)s1. The van der Waals surface area contributed by atoms with E-state index in [-0.39, 0.29) is 23.6 Å². The zero-order valence-electron chi connectivity index (χ0n) is 22.5. The maximum absolute atomic E-state index is 13.7. The molecule has 2 heterocycles. The molecule has 0 bridgehead atoms. The van der Waals surface area contributed by atoms with Crippen LogP contribution in [0.3, 0.4) is 0 Å². The fourth-order valence-corrected chi connectivity index (χ4v) is 5.40. The van der Waals surface area contributed by atoms with Crippen LogP contribution in [0.15, 0.2) is 66.9 Å². The predicted octanol–water partition coefficient (Wildman–Crippen LogP) is 4.57. The summed E-state index contributed by atoms with van der Waals surface area (Å²) in [6.45, 7) is 5.91. The summed E-state index contributed by atoms with van der Waals surface area (Å²) in [4.78, 5) is 47.1. The third kappa shape index (κ3) is 8.21. The van der Waals surface area contributed by atoms with E-state index in [4.69, 9.17) is 4.74 Å². The van der Waals surface area contributed by atoms with E-state index >= 15 is 0 Å². The molecule has 3 amide bonds. The highest BCUT2D eigenvalue weighted by molar-refractivity contribution is 7.17. The number of hydrogen-bond acceptors (Lipinski definition) is 6. The second-order valence-corrected chi connectivity index (χ2v) is 11.1. The van der Waals surface area contributed by atoms with Crippen LogP contribution < -0.4 is 10.6 Å². The van der Waals surface area contributed by atoms with Crippen molar-refractivity contribution in [1.29, 1.82) is 0 Å². The summed E-state index contributed by atoms with van der Waals surface area (Å²) in [5, 5.41) is 6.22. The molecular weight excluding hydrogens is 512 g/mol. The Bertz CT molecular complexity index is 1230. The van der Waals surface area contributed by atoms with Crippen LogP contribution in [-0.4, -0.2) is 66.0 Å². The lowest BCUT2D eigenvalue weighted by atomic mass is 9.99. The van der Waals surface area contributed by atoms with Crippen molar-refractivity contribution in [1.82, 2.24) is 20.5 Å². The molecule has 1 fully saturated rings. The first-order chi connectivity index (χ1) is 18.9. The second kappa shape index (κ2) is 14.0. The lowest BCUT2D eigenvalue weighted by Gasteiger charge is -2.30. The molecule has 206 valence electrons. The van der Waals surface area contributed by atoms with Crippen LogP contribution in [0.4, 0.5) is 4.79 Å². The van der Waals surface area contributed by atoms with E-state index in [0.717, 1.165) is 16.0 Å². The fraction of sp³-hybridized carbons (Fsp3) is 0.400. The second-order valence-electron chi connectivity index (χ2n) is 10.1. The normalized spacial score (nSPS) is 15.0. The van der Waals surface area contributed by atoms with Gasteiger partial charge in [0, 0.05) is 19.3 Å². The molecule has 1 aliphatic heterocycles. The minimum atomic E-state index is -0.776. The van der Waals surface area contributed by atoms with Gasteiger partial charge in [-0.25, -0.2) is 9.78 Å². The number of nitrogens with one attached hydrogen (secondary N) is 2. The van der Waals surface area contributed by atoms with E-state index in [2.05, 4.69) is 15.6 Å². The number of urea groups is 1. The zero-order valence-corrected chi connectivity index (χ0v) is 23.3. The average Bonchev–Trinajstić information content (AvgIpc) is 3.46. The van der Waals surface area contributed by atoms with Crippen molar-refractivity contribution in [3.8, 4) is 10.4 Å². The van der Waals surface area contributed by atoms with Gasteiger partial charge in [0.2, 0.25) is 11.7 Å². The van der Waals surface area contributed by atoms with Gasteiger partial charge in [0.05, 0.1) is 24.1 Å². The Hall–Kier alpha value is -3.56. The molecule has 4 rings (SSSR count). The summed E-state index contributed by atoms with van der Waals surface area (Å²) in [7, 11) is 0. The summed E-state index contributed by atoms with van der Waals surface area (Å²) in [5.74, 6) is -0.428. The average molecular weight is 549 g/mol. The van der Waals surface area contributed by atoms with Crippen molar-refractivity contribution in [2.24, 2.45) is 5.92 Å². The van der Waals surface area contributed by atoms with Gasteiger partial charge < -0.3 is 20.3 Å². The van der Waals surface area contributed by atoms with Crippen LogP contribution in [0.25, 0.3) is 10.4 Å². The number of carbonyl (C=O) groups is 3. The summed E-state index contributed by atoms with van der Waals surface area (Å²) in [6.07, 6.45) is 3.19. The highest BCUT2D eigenvalue weighted by Gasteiger charge is 2.30. The number of benzene rings is 2. The largest absolute Gasteiger partial charge is 0.378 e. The predicted molar refractivity (Wildman–Crippen MR) is 153 cm³/mol. The molecule has 0 unspecified atom stereocenters. The van der Waals surface area contributed by atoms with E-state index in [1.807, 2.05) is 74.5 Å². The third-order valence-corrected chi connectivity index (χ3v) is 7.65. The van der Waals surface area contributed by atoms with Crippen molar-refractivity contribution in [2.45, 2.75) is 45.2 Å². The molecular formula is C30H36N4O4S. The molecule has 0 saturated carbocycles. The van der Waals surface area contributed by atoms with Gasteiger partial charge in [-0.05, 0) is 36.3 Å². The number of morpholine rings is 1. The van der Waals surface area contributed by atoms with Gasteiger partial charge in [0.25, 0.3) is 0 Å². The maximum Gasteiger partial charge on any atom is 0.318 e. The van der Waals surface area contributed by atoms with Gasteiger partial charge in [0.15, 0.2) is 5.01 Å². The highest BCUT2D eigenvalue weighted by Crippen LogP contribution is 2.27. The third-order valence-electron chi connectivity index (χ3n) is 6.59. The number of aromatic nitrogens is 1. The fourth-order valence-electron chi connectivity index (χ4n) is 4.48. The lowest BCUT2D eigenvalue weighted by Crippen LogP contribution is -2.56. The van der Waals surface area contributed by atoms with Gasteiger partial charge >= 0.3 is 6.03 Å². The molecule has 9 heteroatoms. The molecule has 8 nitrogen and oxygen atoms in total. The highest BCUT2D eigenvalue weighted by atomic mass is 32.1. The van der Waals surface area contributed by atoms with E-state index < -0.39 is 12.1 Å².